The van der Waals surface area contributed by atoms with Crippen LogP contribution < -0.4 is 4.74 Å². The SMILES string of the molecule is CCOCCOc1cccc(O)c1-c1cccc2c1-c1ccccc1C2. The van der Waals surface area contributed by atoms with E-state index in [4.69, 9.17) is 9.47 Å². The highest BCUT2D eigenvalue weighted by Crippen LogP contribution is 2.47. The summed E-state index contributed by atoms with van der Waals surface area (Å²) in [6.07, 6.45) is 0.924. The topological polar surface area (TPSA) is 38.7 Å². The van der Waals surface area contributed by atoms with Gasteiger partial charge in [0.2, 0.25) is 0 Å². The third-order valence-electron chi connectivity index (χ3n) is 4.78. The molecular formula is C23H22O3. The number of rotatable bonds is 6. The Kier molecular flexibility index (Phi) is 4.63. The number of phenols is 1. The molecule has 4 rings (SSSR count). The van der Waals surface area contributed by atoms with Crippen LogP contribution in [0.2, 0.25) is 0 Å². The van der Waals surface area contributed by atoms with Gasteiger partial charge in [-0.05, 0) is 53.3 Å². The second kappa shape index (κ2) is 7.22. The van der Waals surface area contributed by atoms with Gasteiger partial charge < -0.3 is 14.6 Å². The van der Waals surface area contributed by atoms with Crippen LogP contribution in [0.3, 0.4) is 0 Å². The quantitative estimate of drug-likeness (QED) is 0.497. The Balaban J connectivity index is 1.80. The maximum Gasteiger partial charge on any atom is 0.130 e. The molecule has 0 aliphatic heterocycles. The molecule has 0 amide bonds. The van der Waals surface area contributed by atoms with Crippen LogP contribution in [-0.4, -0.2) is 24.9 Å². The first-order valence-corrected chi connectivity index (χ1v) is 9.02. The van der Waals surface area contributed by atoms with E-state index in [0.29, 0.717) is 25.6 Å². The van der Waals surface area contributed by atoms with Crippen LogP contribution in [0.1, 0.15) is 18.1 Å². The summed E-state index contributed by atoms with van der Waals surface area (Å²) in [5.74, 6) is 0.916. The standard InChI is InChI=1S/C23H22O3/c1-2-25-13-14-26-21-12-6-11-20(24)23(21)19-10-5-8-17-15-16-7-3-4-9-18(16)22(17)19/h3-12,24H,2,13-15H2,1H3. The Morgan fingerprint density at radius 2 is 1.58 bits per heavy atom. The van der Waals surface area contributed by atoms with Gasteiger partial charge in [-0.3, -0.25) is 0 Å². The van der Waals surface area contributed by atoms with Gasteiger partial charge in [0.15, 0.2) is 0 Å². The first-order chi connectivity index (χ1) is 12.8. The molecular weight excluding hydrogens is 324 g/mol. The zero-order valence-corrected chi connectivity index (χ0v) is 14.9. The van der Waals surface area contributed by atoms with Crippen molar-refractivity contribution in [3.8, 4) is 33.8 Å². The van der Waals surface area contributed by atoms with Gasteiger partial charge in [-0.2, -0.15) is 0 Å². The average molecular weight is 346 g/mol. The first-order valence-electron chi connectivity index (χ1n) is 9.02. The lowest BCUT2D eigenvalue weighted by atomic mass is 9.93. The van der Waals surface area contributed by atoms with Crippen molar-refractivity contribution in [2.75, 3.05) is 19.8 Å². The Labute approximate surface area is 153 Å². The van der Waals surface area contributed by atoms with Gasteiger partial charge in [0, 0.05) is 6.61 Å². The lowest BCUT2D eigenvalue weighted by molar-refractivity contribution is 0.110. The van der Waals surface area contributed by atoms with Gasteiger partial charge in [-0.1, -0.05) is 48.5 Å². The molecule has 3 aromatic carbocycles. The normalized spacial score (nSPS) is 11.9. The van der Waals surface area contributed by atoms with Crippen molar-refractivity contribution in [2.45, 2.75) is 13.3 Å². The highest BCUT2D eigenvalue weighted by atomic mass is 16.5. The molecule has 0 spiro atoms. The van der Waals surface area contributed by atoms with E-state index in [2.05, 4.69) is 42.5 Å². The van der Waals surface area contributed by atoms with Crippen LogP contribution in [0.5, 0.6) is 11.5 Å². The molecule has 1 aliphatic rings. The number of phenolic OH excluding ortho intramolecular Hbond substituents is 1. The number of aromatic hydroxyl groups is 1. The molecule has 0 unspecified atom stereocenters. The molecule has 0 radical (unpaired) electrons. The molecule has 0 heterocycles. The summed E-state index contributed by atoms with van der Waals surface area (Å²) in [7, 11) is 0. The van der Waals surface area contributed by atoms with E-state index in [-0.39, 0.29) is 5.75 Å². The predicted octanol–water partition coefficient (Wildman–Crippen LogP) is 5.05. The summed E-state index contributed by atoms with van der Waals surface area (Å²) in [4.78, 5) is 0. The zero-order valence-electron chi connectivity index (χ0n) is 14.9. The molecule has 0 aromatic heterocycles. The van der Waals surface area contributed by atoms with Crippen molar-refractivity contribution in [3.05, 3.63) is 71.8 Å². The van der Waals surface area contributed by atoms with Crippen molar-refractivity contribution >= 4 is 0 Å². The predicted molar refractivity (Wildman–Crippen MR) is 104 cm³/mol. The molecule has 3 aromatic rings. The van der Waals surface area contributed by atoms with E-state index < -0.39 is 0 Å². The van der Waals surface area contributed by atoms with Gasteiger partial charge in [0.1, 0.15) is 18.1 Å². The second-order valence-electron chi connectivity index (χ2n) is 6.37. The summed E-state index contributed by atoms with van der Waals surface area (Å²) < 4.78 is 11.3. The number of benzene rings is 3. The molecule has 0 fully saturated rings. The molecule has 26 heavy (non-hydrogen) atoms. The van der Waals surface area contributed by atoms with E-state index >= 15 is 0 Å². The van der Waals surface area contributed by atoms with Gasteiger partial charge >= 0.3 is 0 Å². The molecule has 1 aliphatic carbocycles. The lowest BCUT2D eigenvalue weighted by Gasteiger charge is -2.16. The Morgan fingerprint density at radius 1 is 0.808 bits per heavy atom. The minimum atomic E-state index is 0.233. The van der Waals surface area contributed by atoms with E-state index in [1.54, 1.807) is 6.07 Å². The number of hydrogen-bond donors (Lipinski definition) is 1. The fourth-order valence-corrected chi connectivity index (χ4v) is 3.66. The fraction of sp³-hybridized carbons (Fsp3) is 0.217. The third kappa shape index (κ3) is 2.95. The van der Waals surface area contributed by atoms with Crippen molar-refractivity contribution in [1.29, 1.82) is 0 Å². The van der Waals surface area contributed by atoms with Crippen molar-refractivity contribution in [3.63, 3.8) is 0 Å². The molecule has 0 bridgehead atoms. The maximum absolute atomic E-state index is 10.6. The molecule has 1 N–H and O–H groups in total. The summed E-state index contributed by atoms with van der Waals surface area (Å²) in [6, 6.07) is 20.2. The molecule has 132 valence electrons. The molecule has 0 saturated heterocycles. The van der Waals surface area contributed by atoms with Crippen LogP contribution in [0.25, 0.3) is 22.3 Å². The average Bonchev–Trinajstić information content (AvgIpc) is 3.04. The van der Waals surface area contributed by atoms with Gasteiger partial charge in [0.05, 0.1) is 12.2 Å². The van der Waals surface area contributed by atoms with E-state index in [1.165, 1.54) is 22.3 Å². The summed E-state index contributed by atoms with van der Waals surface area (Å²) in [6.45, 7) is 3.61. The summed E-state index contributed by atoms with van der Waals surface area (Å²) in [5, 5.41) is 10.6. The van der Waals surface area contributed by atoms with E-state index in [1.807, 2.05) is 19.1 Å². The van der Waals surface area contributed by atoms with Crippen molar-refractivity contribution < 1.29 is 14.6 Å². The van der Waals surface area contributed by atoms with Gasteiger partial charge in [0.25, 0.3) is 0 Å². The smallest absolute Gasteiger partial charge is 0.130 e. The number of ether oxygens (including phenoxy) is 2. The zero-order chi connectivity index (χ0) is 17.9. The molecule has 3 heteroatoms. The van der Waals surface area contributed by atoms with Crippen molar-refractivity contribution in [2.24, 2.45) is 0 Å². The Morgan fingerprint density at radius 3 is 2.46 bits per heavy atom. The lowest BCUT2D eigenvalue weighted by Crippen LogP contribution is -2.07. The Bertz CT molecular complexity index is 930. The summed E-state index contributed by atoms with van der Waals surface area (Å²) >= 11 is 0. The largest absolute Gasteiger partial charge is 0.507 e. The molecule has 0 atom stereocenters. The van der Waals surface area contributed by atoms with Crippen molar-refractivity contribution in [1.82, 2.24) is 0 Å². The number of fused-ring (bicyclic) bond motifs is 3. The first kappa shape index (κ1) is 16.7. The van der Waals surface area contributed by atoms with Crippen LogP contribution in [0.15, 0.2) is 60.7 Å². The third-order valence-corrected chi connectivity index (χ3v) is 4.78. The van der Waals surface area contributed by atoms with Gasteiger partial charge in [-0.15, -0.1) is 0 Å². The van der Waals surface area contributed by atoms with Crippen LogP contribution in [0.4, 0.5) is 0 Å². The summed E-state index contributed by atoms with van der Waals surface area (Å²) in [5.41, 5.74) is 6.80. The highest BCUT2D eigenvalue weighted by molar-refractivity contribution is 5.93. The minimum absolute atomic E-state index is 0.233. The highest BCUT2D eigenvalue weighted by Gasteiger charge is 2.24. The van der Waals surface area contributed by atoms with Crippen LogP contribution >= 0.6 is 0 Å². The van der Waals surface area contributed by atoms with E-state index in [9.17, 15) is 5.11 Å². The molecule has 0 saturated carbocycles. The van der Waals surface area contributed by atoms with E-state index in [0.717, 1.165) is 17.5 Å². The second-order valence-corrected chi connectivity index (χ2v) is 6.37. The monoisotopic (exact) mass is 346 g/mol. The Hall–Kier alpha value is -2.78. The van der Waals surface area contributed by atoms with Crippen LogP contribution in [-0.2, 0) is 11.2 Å². The maximum atomic E-state index is 10.6. The number of hydrogen-bond acceptors (Lipinski definition) is 3. The molecule has 3 nitrogen and oxygen atoms in total. The van der Waals surface area contributed by atoms with Crippen LogP contribution in [0, 0.1) is 0 Å². The minimum Gasteiger partial charge on any atom is -0.507 e. The fourth-order valence-electron chi connectivity index (χ4n) is 3.66. The van der Waals surface area contributed by atoms with Gasteiger partial charge in [-0.25, -0.2) is 0 Å².